The lowest BCUT2D eigenvalue weighted by Gasteiger charge is -2.05. The summed E-state index contributed by atoms with van der Waals surface area (Å²) in [5.41, 5.74) is 4.20. The number of benzene rings is 2. The van der Waals surface area contributed by atoms with Gasteiger partial charge in [-0.1, -0.05) is 64.0 Å². The Morgan fingerprint density at radius 2 is 1.60 bits per heavy atom. The van der Waals surface area contributed by atoms with E-state index in [4.69, 9.17) is 9.59 Å². The monoisotopic (exact) mass is 332 g/mol. The first-order valence-electron chi connectivity index (χ1n) is 5.88. The molecular weight excluding hydrogens is 320 g/mol. The zero-order valence-corrected chi connectivity index (χ0v) is 12.5. The highest BCUT2D eigenvalue weighted by Gasteiger charge is 2.05. The Bertz CT molecular complexity index is 629. The molecule has 2 aromatic rings. The molecule has 0 saturated heterocycles. The van der Waals surface area contributed by atoms with Crippen molar-refractivity contribution in [3.63, 3.8) is 0 Å². The second-order valence-corrected chi connectivity index (χ2v) is 4.65. The van der Waals surface area contributed by atoms with E-state index in [1.807, 2.05) is 30.3 Å². The van der Waals surface area contributed by atoms with Crippen molar-refractivity contribution in [2.75, 3.05) is 5.33 Å². The third kappa shape index (κ3) is 4.57. The predicted molar refractivity (Wildman–Crippen MR) is 79.7 cm³/mol. The summed E-state index contributed by atoms with van der Waals surface area (Å²) in [5.74, 6) is 0.111. The zero-order valence-electron chi connectivity index (χ0n) is 10.9. The van der Waals surface area contributed by atoms with Crippen molar-refractivity contribution in [1.82, 2.24) is 0 Å². The van der Waals surface area contributed by atoms with Crippen LogP contribution in [0.5, 0.6) is 0 Å². The van der Waals surface area contributed by atoms with E-state index in [1.165, 1.54) is 5.56 Å². The van der Waals surface area contributed by atoms with Crippen molar-refractivity contribution >= 4 is 27.9 Å². The van der Waals surface area contributed by atoms with Gasteiger partial charge in [0, 0.05) is 5.56 Å². The number of hydrogen-bond acceptors (Lipinski definition) is 3. The molecule has 4 heteroatoms. The normalized spacial score (nSPS) is 9.10. The molecule has 20 heavy (non-hydrogen) atoms. The fourth-order valence-corrected chi connectivity index (χ4v) is 2.10. The van der Waals surface area contributed by atoms with E-state index < -0.39 is 0 Å². The number of hydrogen-bond donors (Lipinski definition) is 0. The number of rotatable bonds is 3. The van der Waals surface area contributed by atoms with Gasteiger partial charge in [-0.2, -0.15) is 9.59 Å². The maximum absolute atomic E-state index is 11.6. The molecule has 0 aromatic heterocycles. The topological polar surface area (TPSA) is 51.2 Å². The summed E-state index contributed by atoms with van der Waals surface area (Å²) in [6, 6.07) is 16.0. The van der Waals surface area contributed by atoms with Crippen LogP contribution in [0.25, 0.3) is 11.1 Å². The van der Waals surface area contributed by atoms with Gasteiger partial charge in [0.1, 0.15) is 0 Å². The molecule has 3 nitrogen and oxygen atoms in total. The van der Waals surface area contributed by atoms with Gasteiger partial charge in [-0.25, -0.2) is 0 Å². The summed E-state index contributed by atoms with van der Waals surface area (Å²) in [5, 5.41) is 0.365. The summed E-state index contributed by atoms with van der Waals surface area (Å²) in [6.07, 6.45) is 0.250. The van der Waals surface area contributed by atoms with Gasteiger partial charge in [-0.15, -0.1) is 0 Å². The molecule has 0 aliphatic carbocycles. The number of alkyl halides is 1. The lowest BCUT2D eigenvalue weighted by atomic mass is 10.0. The van der Waals surface area contributed by atoms with Gasteiger partial charge in [0.05, 0.1) is 5.33 Å². The van der Waals surface area contributed by atoms with Crippen molar-refractivity contribution < 1.29 is 14.4 Å². The van der Waals surface area contributed by atoms with E-state index >= 15 is 0 Å². The fourth-order valence-electron chi connectivity index (χ4n) is 1.77. The highest BCUT2D eigenvalue weighted by Crippen LogP contribution is 2.21. The number of carbonyl (C=O) groups excluding carboxylic acids is 3. The summed E-state index contributed by atoms with van der Waals surface area (Å²) >= 11 is 3.19. The number of carbonyl (C=O) groups is 1. The number of ketones is 1. The van der Waals surface area contributed by atoms with Crippen molar-refractivity contribution in [2.24, 2.45) is 0 Å². The quantitative estimate of drug-likeness (QED) is 0.636. The molecule has 0 aliphatic rings. The highest BCUT2D eigenvalue weighted by molar-refractivity contribution is 9.09. The largest absolute Gasteiger partial charge is 0.373 e. The minimum absolute atomic E-state index is 0.111. The third-order valence-electron chi connectivity index (χ3n) is 2.66. The molecule has 2 aromatic carbocycles. The molecule has 0 unspecified atom stereocenters. The molecule has 0 fully saturated rings. The SMILES string of the molecule is Cc1cccc(-c2cccc(C(=O)CBr)c2)c1.O=C=O. The molecule has 0 atom stereocenters. The average molecular weight is 333 g/mol. The van der Waals surface area contributed by atoms with Crippen LogP contribution in [0, 0.1) is 6.92 Å². The minimum Gasteiger partial charge on any atom is -0.293 e. The van der Waals surface area contributed by atoms with Crippen LogP contribution in [0.3, 0.4) is 0 Å². The van der Waals surface area contributed by atoms with Crippen LogP contribution in [-0.2, 0) is 9.59 Å². The van der Waals surface area contributed by atoms with Crippen molar-refractivity contribution in [3.8, 4) is 11.1 Å². The van der Waals surface area contributed by atoms with E-state index in [2.05, 4.69) is 41.1 Å². The Kier molecular flexibility index (Phi) is 6.57. The molecule has 0 N–H and O–H groups in total. The van der Waals surface area contributed by atoms with E-state index in [1.54, 1.807) is 0 Å². The molecule has 0 spiro atoms. The van der Waals surface area contributed by atoms with Crippen LogP contribution in [0.4, 0.5) is 0 Å². The lowest BCUT2D eigenvalue weighted by Crippen LogP contribution is -1.99. The van der Waals surface area contributed by atoms with E-state index in [0.29, 0.717) is 5.33 Å². The standard InChI is InChI=1S/C15H13BrO.CO2/c1-11-4-2-5-12(8-11)13-6-3-7-14(9-13)15(17)10-16;2-1-3/h2-9H,10H2,1H3;. The van der Waals surface area contributed by atoms with Crippen LogP contribution < -0.4 is 0 Å². The summed E-state index contributed by atoms with van der Waals surface area (Å²) in [4.78, 5) is 27.9. The van der Waals surface area contributed by atoms with Crippen LogP contribution in [0.1, 0.15) is 15.9 Å². The van der Waals surface area contributed by atoms with Gasteiger partial charge in [0.15, 0.2) is 5.78 Å². The summed E-state index contributed by atoms with van der Waals surface area (Å²) in [7, 11) is 0. The fraction of sp³-hybridized carbons (Fsp3) is 0.125. The molecule has 2 rings (SSSR count). The van der Waals surface area contributed by atoms with Gasteiger partial charge in [-0.05, 0) is 24.1 Å². The average Bonchev–Trinajstić information content (AvgIpc) is 2.47. The Labute approximate surface area is 125 Å². The number of Topliss-reactive ketones (excluding diaryl/α,β-unsaturated/α-hetero) is 1. The molecule has 0 bridgehead atoms. The molecule has 0 amide bonds. The summed E-state index contributed by atoms with van der Waals surface area (Å²) < 4.78 is 0. The van der Waals surface area contributed by atoms with Crippen LogP contribution in [0.2, 0.25) is 0 Å². The Hall–Kier alpha value is -2.03. The first-order valence-corrected chi connectivity index (χ1v) is 7.00. The molecule has 0 saturated carbocycles. The van der Waals surface area contributed by atoms with Crippen molar-refractivity contribution in [3.05, 3.63) is 59.7 Å². The maximum Gasteiger partial charge on any atom is 0.373 e. The molecular formula is C16H13BrO3. The predicted octanol–water partition coefficient (Wildman–Crippen LogP) is 3.66. The van der Waals surface area contributed by atoms with E-state index in [9.17, 15) is 4.79 Å². The minimum atomic E-state index is 0.111. The zero-order chi connectivity index (χ0) is 15.0. The van der Waals surface area contributed by atoms with Gasteiger partial charge >= 0.3 is 6.15 Å². The molecule has 0 aliphatic heterocycles. The number of aryl methyl sites for hydroxylation is 1. The van der Waals surface area contributed by atoms with Crippen LogP contribution in [0.15, 0.2) is 48.5 Å². The third-order valence-corrected chi connectivity index (χ3v) is 3.17. The smallest absolute Gasteiger partial charge is 0.293 e. The van der Waals surface area contributed by atoms with E-state index in [-0.39, 0.29) is 11.9 Å². The summed E-state index contributed by atoms with van der Waals surface area (Å²) in [6.45, 7) is 2.07. The first kappa shape index (κ1) is 16.0. The molecule has 0 radical (unpaired) electrons. The van der Waals surface area contributed by atoms with Gasteiger partial charge in [0.25, 0.3) is 0 Å². The van der Waals surface area contributed by atoms with Crippen molar-refractivity contribution in [2.45, 2.75) is 6.92 Å². The van der Waals surface area contributed by atoms with E-state index in [0.717, 1.165) is 16.7 Å². The maximum atomic E-state index is 11.6. The van der Waals surface area contributed by atoms with Crippen molar-refractivity contribution in [1.29, 1.82) is 0 Å². The van der Waals surface area contributed by atoms with Gasteiger partial charge < -0.3 is 0 Å². The Balaban J connectivity index is 0.000000612. The first-order chi connectivity index (χ1) is 9.62. The Morgan fingerprint density at radius 1 is 1.05 bits per heavy atom. The molecule has 0 heterocycles. The Morgan fingerprint density at radius 3 is 2.15 bits per heavy atom. The van der Waals surface area contributed by atoms with Crippen LogP contribution in [-0.4, -0.2) is 17.3 Å². The second kappa shape index (κ2) is 8.20. The lowest BCUT2D eigenvalue weighted by molar-refractivity contribution is -0.191. The van der Waals surface area contributed by atoms with Gasteiger partial charge in [0.2, 0.25) is 0 Å². The van der Waals surface area contributed by atoms with Gasteiger partial charge in [-0.3, -0.25) is 4.79 Å². The molecule has 102 valence electrons. The highest BCUT2D eigenvalue weighted by atomic mass is 79.9. The number of halogens is 1. The second-order valence-electron chi connectivity index (χ2n) is 4.09. The van der Waals surface area contributed by atoms with Crippen LogP contribution >= 0.6 is 15.9 Å².